The predicted molar refractivity (Wildman–Crippen MR) is 84.3 cm³/mol. The summed E-state index contributed by atoms with van der Waals surface area (Å²) in [6, 6.07) is 5.83. The molecule has 1 heterocycles. The molecule has 7 heteroatoms. The van der Waals surface area contributed by atoms with E-state index in [1.807, 2.05) is 0 Å². The highest BCUT2D eigenvalue weighted by Gasteiger charge is 2.41. The third-order valence-corrected chi connectivity index (χ3v) is 4.70. The number of halogens is 1. The topological polar surface area (TPSA) is 78.5 Å². The Bertz CT molecular complexity index is 587. The van der Waals surface area contributed by atoms with Crippen LogP contribution in [0.15, 0.2) is 24.3 Å². The maximum Gasteiger partial charge on any atom is 0.323 e. The van der Waals surface area contributed by atoms with Gasteiger partial charge in [-0.25, -0.2) is 0 Å². The Morgan fingerprint density at radius 1 is 1.41 bits per heavy atom. The van der Waals surface area contributed by atoms with E-state index in [0.717, 1.165) is 0 Å². The van der Waals surface area contributed by atoms with Gasteiger partial charge in [0.25, 0.3) is 0 Å². The van der Waals surface area contributed by atoms with E-state index in [0.29, 0.717) is 10.6 Å². The van der Waals surface area contributed by atoms with Crippen molar-refractivity contribution in [2.45, 2.75) is 50.1 Å². The molecule has 1 aromatic rings. The predicted octanol–water partition coefficient (Wildman–Crippen LogP) is 2.33. The lowest BCUT2D eigenvalue weighted by atomic mass is 10.0. The van der Waals surface area contributed by atoms with Gasteiger partial charge in [0, 0.05) is 16.3 Å². The first-order valence-electron chi connectivity index (χ1n) is 7.00. The minimum Gasteiger partial charge on any atom is -0.772 e. The summed E-state index contributed by atoms with van der Waals surface area (Å²) >= 11 is 3.83. The molecule has 0 aliphatic carbocycles. The number of carbonyl (C=O) groups excluding carboxylic acids is 1. The first-order chi connectivity index (χ1) is 10.2. The molecule has 122 valence electrons. The molecule has 0 saturated carbocycles. The van der Waals surface area contributed by atoms with E-state index in [1.165, 1.54) is 0 Å². The molecule has 1 saturated heterocycles. The lowest BCUT2D eigenvalue weighted by molar-refractivity contribution is -0.157. The minimum absolute atomic E-state index is 0.168. The lowest BCUT2D eigenvalue weighted by Crippen LogP contribution is -2.38. The Morgan fingerprint density at radius 3 is 2.59 bits per heavy atom. The summed E-state index contributed by atoms with van der Waals surface area (Å²) in [5.41, 5.74) is 0.0531. The summed E-state index contributed by atoms with van der Waals surface area (Å²) in [7, 11) is 0. The van der Waals surface area contributed by atoms with Crippen molar-refractivity contribution in [3.05, 3.63) is 34.9 Å². The fourth-order valence-corrected chi connectivity index (χ4v) is 3.55. The van der Waals surface area contributed by atoms with Crippen LogP contribution in [0.5, 0.6) is 0 Å². The van der Waals surface area contributed by atoms with E-state index in [1.54, 1.807) is 45.0 Å². The second-order valence-electron chi connectivity index (χ2n) is 6.29. The third kappa shape index (κ3) is 4.07. The monoisotopic (exact) mass is 344 g/mol. The van der Waals surface area contributed by atoms with Crippen molar-refractivity contribution in [1.29, 1.82) is 0 Å². The fourth-order valence-electron chi connectivity index (χ4n) is 2.50. The smallest absolute Gasteiger partial charge is 0.323 e. The zero-order valence-electron chi connectivity index (χ0n) is 12.7. The molecule has 2 rings (SSSR count). The molecule has 1 aliphatic rings. The summed E-state index contributed by atoms with van der Waals surface area (Å²) in [5, 5.41) is 2.80. The van der Waals surface area contributed by atoms with Crippen LogP contribution in [0.4, 0.5) is 0 Å². The standard InChI is InChI=1S/C15H20ClNO4S/c1-15(2,3)21-14(18)11-8-12(22(19)20)13(17-11)9-6-4-5-7-10(9)16/h4-7,11-13,17H,8H2,1-3H3,(H,19,20)/p-1/t11?,12-,13?/m0/s1. The van der Waals surface area contributed by atoms with Crippen LogP contribution in [0.1, 0.15) is 38.8 Å². The van der Waals surface area contributed by atoms with E-state index in [2.05, 4.69) is 5.32 Å². The van der Waals surface area contributed by atoms with Gasteiger partial charge in [-0.15, -0.1) is 0 Å². The number of rotatable bonds is 3. The number of hydrogen-bond donors (Lipinski definition) is 1. The zero-order valence-corrected chi connectivity index (χ0v) is 14.2. The first-order valence-corrected chi connectivity index (χ1v) is 8.52. The highest BCUT2D eigenvalue weighted by atomic mass is 35.5. The SMILES string of the molecule is CC(C)(C)OC(=O)C1C[C@H](S(=O)[O-])C(c2ccccc2Cl)N1. The normalized spacial score (nSPS) is 26.7. The molecule has 0 radical (unpaired) electrons. The summed E-state index contributed by atoms with van der Waals surface area (Å²) in [5.74, 6) is -0.447. The quantitative estimate of drug-likeness (QED) is 0.672. The van der Waals surface area contributed by atoms with Crippen LogP contribution in [0.3, 0.4) is 0 Å². The zero-order chi connectivity index (χ0) is 16.5. The molecule has 1 N–H and O–H groups in total. The van der Waals surface area contributed by atoms with Gasteiger partial charge in [0.1, 0.15) is 11.6 Å². The van der Waals surface area contributed by atoms with E-state index >= 15 is 0 Å². The van der Waals surface area contributed by atoms with Gasteiger partial charge in [0.2, 0.25) is 0 Å². The molecule has 0 bridgehead atoms. The molecule has 22 heavy (non-hydrogen) atoms. The summed E-state index contributed by atoms with van der Waals surface area (Å²) in [6.07, 6.45) is 0.168. The van der Waals surface area contributed by atoms with Crippen molar-refractivity contribution >= 4 is 28.7 Å². The molecule has 0 spiro atoms. The first kappa shape index (κ1) is 17.4. The number of benzene rings is 1. The van der Waals surface area contributed by atoms with Crippen LogP contribution < -0.4 is 5.32 Å². The van der Waals surface area contributed by atoms with Gasteiger partial charge in [-0.05, 0) is 38.8 Å². The highest BCUT2D eigenvalue weighted by Crippen LogP contribution is 2.34. The van der Waals surface area contributed by atoms with Gasteiger partial charge in [0.05, 0.1) is 0 Å². The fraction of sp³-hybridized carbons (Fsp3) is 0.533. The largest absolute Gasteiger partial charge is 0.772 e. The van der Waals surface area contributed by atoms with Crippen LogP contribution in [0.25, 0.3) is 0 Å². The van der Waals surface area contributed by atoms with Crippen LogP contribution in [-0.2, 0) is 20.6 Å². The molecule has 0 aromatic heterocycles. The Hall–Kier alpha value is -0.950. The van der Waals surface area contributed by atoms with Gasteiger partial charge in [-0.3, -0.25) is 14.3 Å². The number of nitrogens with one attached hydrogen (secondary N) is 1. The van der Waals surface area contributed by atoms with Gasteiger partial charge in [-0.2, -0.15) is 0 Å². The van der Waals surface area contributed by atoms with Gasteiger partial charge in [-0.1, -0.05) is 40.9 Å². The second kappa shape index (κ2) is 6.66. The number of carbonyl (C=O) groups is 1. The Morgan fingerprint density at radius 2 is 2.05 bits per heavy atom. The van der Waals surface area contributed by atoms with Gasteiger partial charge in [0.15, 0.2) is 0 Å². The molecule has 1 aromatic carbocycles. The van der Waals surface area contributed by atoms with E-state index in [-0.39, 0.29) is 6.42 Å². The number of hydrogen-bond acceptors (Lipinski definition) is 5. The van der Waals surface area contributed by atoms with Crippen molar-refractivity contribution in [1.82, 2.24) is 5.32 Å². The number of ether oxygens (including phenoxy) is 1. The summed E-state index contributed by atoms with van der Waals surface area (Å²) < 4.78 is 28.4. The Labute approximate surface area is 137 Å². The highest BCUT2D eigenvalue weighted by molar-refractivity contribution is 7.79. The van der Waals surface area contributed by atoms with Gasteiger partial charge >= 0.3 is 5.97 Å². The van der Waals surface area contributed by atoms with E-state index in [9.17, 15) is 13.6 Å². The average molecular weight is 345 g/mol. The Kier molecular flexibility index (Phi) is 5.27. The van der Waals surface area contributed by atoms with Crippen molar-refractivity contribution in [2.75, 3.05) is 0 Å². The van der Waals surface area contributed by atoms with Crippen molar-refractivity contribution in [2.24, 2.45) is 0 Å². The average Bonchev–Trinajstić information content (AvgIpc) is 2.82. The van der Waals surface area contributed by atoms with Crippen molar-refractivity contribution in [3.8, 4) is 0 Å². The minimum atomic E-state index is -2.32. The molecule has 3 unspecified atom stereocenters. The molecule has 0 amide bonds. The van der Waals surface area contributed by atoms with Crippen molar-refractivity contribution < 1.29 is 18.3 Å². The molecular weight excluding hydrogens is 326 g/mol. The van der Waals surface area contributed by atoms with E-state index in [4.69, 9.17) is 16.3 Å². The van der Waals surface area contributed by atoms with Crippen LogP contribution in [0, 0.1) is 0 Å². The number of esters is 1. The van der Waals surface area contributed by atoms with Gasteiger partial charge < -0.3 is 9.29 Å². The van der Waals surface area contributed by atoms with Crippen molar-refractivity contribution in [3.63, 3.8) is 0 Å². The summed E-state index contributed by atoms with van der Waals surface area (Å²) in [6.45, 7) is 5.32. The third-order valence-electron chi connectivity index (χ3n) is 3.40. The molecular formula is C15H19ClNO4S-. The molecule has 5 nitrogen and oxygen atoms in total. The van der Waals surface area contributed by atoms with E-state index < -0.39 is 40.0 Å². The maximum absolute atomic E-state index is 12.2. The summed E-state index contributed by atoms with van der Waals surface area (Å²) in [4.78, 5) is 12.2. The molecule has 1 fully saturated rings. The van der Waals surface area contributed by atoms with Crippen LogP contribution >= 0.6 is 11.6 Å². The molecule has 4 atom stereocenters. The maximum atomic E-state index is 12.2. The van der Waals surface area contributed by atoms with Crippen LogP contribution in [0.2, 0.25) is 5.02 Å². The molecule has 1 aliphatic heterocycles. The second-order valence-corrected chi connectivity index (χ2v) is 7.82. The lowest BCUT2D eigenvalue weighted by Gasteiger charge is -2.23. The van der Waals surface area contributed by atoms with Crippen LogP contribution in [-0.4, -0.2) is 31.6 Å². The Balaban J connectivity index is 2.22.